The summed E-state index contributed by atoms with van der Waals surface area (Å²) in [6.45, 7) is 5.10. The summed E-state index contributed by atoms with van der Waals surface area (Å²) >= 11 is 6.08. The van der Waals surface area contributed by atoms with Crippen LogP contribution in [0.15, 0.2) is 18.2 Å². The highest BCUT2D eigenvalue weighted by atomic mass is 35.5. The number of carbonyl (C=O) groups is 1. The number of hydrogen-bond acceptors (Lipinski definition) is 3. The van der Waals surface area contributed by atoms with Crippen molar-refractivity contribution < 1.29 is 4.79 Å². The van der Waals surface area contributed by atoms with Gasteiger partial charge in [0.15, 0.2) is 0 Å². The minimum atomic E-state index is -0.154. The zero-order valence-corrected chi connectivity index (χ0v) is 12.8. The maximum absolute atomic E-state index is 12.4. The van der Waals surface area contributed by atoms with Gasteiger partial charge in [-0.1, -0.05) is 18.0 Å². The second-order valence-electron chi connectivity index (χ2n) is 5.49. The summed E-state index contributed by atoms with van der Waals surface area (Å²) in [5, 5.41) is 3.36. The van der Waals surface area contributed by atoms with Crippen molar-refractivity contribution in [2.45, 2.75) is 45.2 Å². The van der Waals surface area contributed by atoms with E-state index in [-0.39, 0.29) is 11.9 Å². The van der Waals surface area contributed by atoms with Crippen LogP contribution >= 0.6 is 11.6 Å². The van der Waals surface area contributed by atoms with Crippen LogP contribution in [0.2, 0.25) is 5.02 Å². The number of hydrogen-bond donors (Lipinski definition) is 2. The Morgan fingerprint density at radius 1 is 1.50 bits per heavy atom. The molecule has 4 nitrogen and oxygen atoms in total. The van der Waals surface area contributed by atoms with Gasteiger partial charge in [0, 0.05) is 11.7 Å². The molecular formula is C15H22ClN3O. The zero-order chi connectivity index (χ0) is 14.7. The van der Waals surface area contributed by atoms with Crippen molar-refractivity contribution in [1.82, 2.24) is 4.90 Å². The van der Waals surface area contributed by atoms with E-state index in [1.165, 1.54) is 6.42 Å². The minimum Gasteiger partial charge on any atom is -0.399 e. The van der Waals surface area contributed by atoms with Crippen molar-refractivity contribution >= 4 is 28.9 Å². The van der Waals surface area contributed by atoms with Crippen LogP contribution in [0.1, 0.15) is 33.1 Å². The van der Waals surface area contributed by atoms with Crippen LogP contribution in [0.3, 0.4) is 0 Å². The van der Waals surface area contributed by atoms with Gasteiger partial charge in [-0.3, -0.25) is 9.69 Å². The molecule has 1 aromatic carbocycles. The van der Waals surface area contributed by atoms with Gasteiger partial charge in [0.2, 0.25) is 5.91 Å². The van der Waals surface area contributed by atoms with Crippen molar-refractivity contribution in [3.05, 3.63) is 23.2 Å². The number of benzene rings is 1. The third kappa shape index (κ3) is 3.44. The molecule has 1 aliphatic rings. The Bertz CT molecular complexity index is 492. The topological polar surface area (TPSA) is 58.4 Å². The van der Waals surface area contributed by atoms with Crippen LogP contribution < -0.4 is 11.1 Å². The average Bonchev–Trinajstić information content (AvgIpc) is 2.41. The van der Waals surface area contributed by atoms with Crippen LogP contribution in [0.5, 0.6) is 0 Å². The predicted octanol–water partition coefficient (Wildman–Crippen LogP) is 3.12. The van der Waals surface area contributed by atoms with Crippen LogP contribution in [-0.4, -0.2) is 29.4 Å². The summed E-state index contributed by atoms with van der Waals surface area (Å²) in [6, 6.07) is 5.41. The molecule has 1 saturated heterocycles. The highest BCUT2D eigenvalue weighted by Gasteiger charge is 2.27. The van der Waals surface area contributed by atoms with E-state index >= 15 is 0 Å². The Hall–Kier alpha value is -1.26. The van der Waals surface area contributed by atoms with Gasteiger partial charge in [0.25, 0.3) is 0 Å². The summed E-state index contributed by atoms with van der Waals surface area (Å²) in [6.07, 6.45) is 3.56. The van der Waals surface area contributed by atoms with E-state index in [1.807, 2.05) is 6.92 Å². The third-order valence-corrected chi connectivity index (χ3v) is 4.29. The van der Waals surface area contributed by atoms with Gasteiger partial charge < -0.3 is 11.1 Å². The van der Waals surface area contributed by atoms with Crippen LogP contribution in [0.4, 0.5) is 11.4 Å². The molecule has 0 aromatic heterocycles. The molecule has 1 aliphatic heterocycles. The van der Waals surface area contributed by atoms with Crippen LogP contribution in [0, 0.1) is 0 Å². The highest BCUT2D eigenvalue weighted by molar-refractivity contribution is 6.34. The van der Waals surface area contributed by atoms with Crippen molar-refractivity contribution in [1.29, 1.82) is 0 Å². The highest BCUT2D eigenvalue weighted by Crippen LogP contribution is 2.25. The Morgan fingerprint density at radius 3 is 2.90 bits per heavy atom. The summed E-state index contributed by atoms with van der Waals surface area (Å²) in [5.41, 5.74) is 6.85. The molecule has 110 valence electrons. The Balaban J connectivity index is 2.03. The number of nitrogens with zero attached hydrogens (tertiary/aromatic N) is 1. The van der Waals surface area contributed by atoms with E-state index < -0.39 is 0 Å². The number of amides is 1. The second kappa shape index (κ2) is 6.46. The number of carbonyl (C=O) groups excluding carboxylic acids is 1. The molecule has 5 heteroatoms. The lowest BCUT2D eigenvalue weighted by atomic mass is 10.0. The van der Waals surface area contributed by atoms with E-state index in [0.29, 0.717) is 22.4 Å². The maximum Gasteiger partial charge on any atom is 0.241 e. The Morgan fingerprint density at radius 2 is 2.25 bits per heavy atom. The first kappa shape index (κ1) is 15.1. The van der Waals surface area contributed by atoms with Gasteiger partial charge in [-0.25, -0.2) is 0 Å². The van der Waals surface area contributed by atoms with Crippen LogP contribution in [-0.2, 0) is 4.79 Å². The number of nitrogen functional groups attached to an aromatic ring is 1. The van der Waals surface area contributed by atoms with Crippen molar-refractivity contribution in [3.8, 4) is 0 Å². The number of nitrogens with two attached hydrogens (primary N) is 1. The third-order valence-electron chi connectivity index (χ3n) is 3.98. The molecule has 2 rings (SSSR count). The fourth-order valence-electron chi connectivity index (χ4n) is 2.72. The quantitative estimate of drug-likeness (QED) is 0.842. The number of rotatable bonds is 3. The van der Waals surface area contributed by atoms with Gasteiger partial charge in [0.1, 0.15) is 0 Å². The first-order valence-corrected chi connectivity index (χ1v) is 7.48. The number of halogens is 1. The van der Waals surface area contributed by atoms with E-state index in [0.717, 1.165) is 19.4 Å². The lowest BCUT2D eigenvalue weighted by Crippen LogP contribution is -2.48. The number of likely N-dealkylation sites (tertiary alicyclic amines) is 1. The smallest absolute Gasteiger partial charge is 0.241 e. The molecule has 0 aliphatic carbocycles. The van der Waals surface area contributed by atoms with Gasteiger partial charge in [-0.2, -0.15) is 0 Å². The Labute approximate surface area is 125 Å². The fraction of sp³-hybridized carbons (Fsp3) is 0.533. The lowest BCUT2D eigenvalue weighted by Gasteiger charge is -2.37. The molecular weight excluding hydrogens is 274 g/mol. The molecule has 1 heterocycles. The molecule has 0 saturated carbocycles. The molecule has 2 atom stereocenters. The summed E-state index contributed by atoms with van der Waals surface area (Å²) in [5.74, 6) is -0.0228. The van der Waals surface area contributed by atoms with E-state index in [1.54, 1.807) is 18.2 Å². The SMILES string of the molecule is CC1CCCCN1C(C)C(=O)Nc1ccc(N)cc1Cl. The molecule has 20 heavy (non-hydrogen) atoms. The molecule has 3 N–H and O–H groups in total. The number of anilines is 2. The summed E-state index contributed by atoms with van der Waals surface area (Å²) < 4.78 is 0. The van der Waals surface area contributed by atoms with Crippen molar-refractivity contribution in [2.24, 2.45) is 0 Å². The average molecular weight is 296 g/mol. The van der Waals surface area contributed by atoms with E-state index in [9.17, 15) is 4.79 Å². The normalized spacial score (nSPS) is 21.4. The molecule has 2 unspecified atom stereocenters. The van der Waals surface area contributed by atoms with Gasteiger partial charge >= 0.3 is 0 Å². The largest absolute Gasteiger partial charge is 0.399 e. The van der Waals surface area contributed by atoms with Crippen molar-refractivity contribution in [2.75, 3.05) is 17.6 Å². The lowest BCUT2D eigenvalue weighted by molar-refractivity contribution is -0.122. The fourth-order valence-corrected chi connectivity index (χ4v) is 2.95. The summed E-state index contributed by atoms with van der Waals surface area (Å²) in [4.78, 5) is 14.6. The number of nitrogens with one attached hydrogen (secondary N) is 1. The van der Waals surface area contributed by atoms with Crippen molar-refractivity contribution in [3.63, 3.8) is 0 Å². The molecule has 1 amide bonds. The van der Waals surface area contributed by atoms with Gasteiger partial charge in [-0.05, 0) is 51.4 Å². The Kier molecular flexibility index (Phi) is 4.89. The summed E-state index contributed by atoms with van der Waals surface area (Å²) in [7, 11) is 0. The predicted molar refractivity (Wildman–Crippen MR) is 84.0 cm³/mol. The first-order chi connectivity index (χ1) is 9.49. The van der Waals surface area contributed by atoms with E-state index in [2.05, 4.69) is 17.1 Å². The molecule has 0 spiro atoms. The molecule has 0 radical (unpaired) electrons. The standard InChI is InChI=1S/C15H22ClN3O/c1-10-5-3-4-8-19(10)11(2)15(20)18-14-7-6-12(17)9-13(14)16/h6-7,9-11H,3-5,8,17H2,1-2H3,(H,18,20). The van der Waals surface area contributed by atoms with Gasteiger partial charge in [-0.15, -0.1) is 0 Å². The monoisotopic (exact) mass is 295 g/mol. The zero-order valence-electron chi connectivity index (χ0n) is 12.0. The number of piperidine rings is 1. The maximum atomic E-state index is 12.4. The van der Waals surface area contributed by atoms with Crippen LogP contribution in [0.25, 0.3) is 0 Å². The second-order valence-corrected chi connectivity index (χ2v) is 5.89. The molecule has 1 fully saturated rings. The molecule has 0 bridgehead atoms. The van der Waals surface area contributed by atoms with Gasteiger partial charge in [0.05, 0.1) is 16.8 Å². The minimum absolute atomic E-state index is 0.0228. The first-order valence-electron chi connectivity index (χ1n) is 7.10. The van der Waals surface area contributed by atoms with E-state index in [4.69, 9.17) is 17.3 Å². The molecule has 1 aromatic rings.